The van der Waals surface area contributed by atoms with Gasteiger partial charge in [-0.2, -0.15) is 0 Å². The molecule has 3 atom stereocenters. The van der Waals surface area contributed by atoms with Crippen LogP contribution in [-0.2, 0) is 20.7 Å². The van der Waals surface area contributed by atoms with E-state index < -0.39 is 23.1 Å². The average Bonchev–Trinajstić information content (AvgIpc) is 2.64. The van der Waals surface area contributed by atoms with Gasteiger partial charge in [0.2, 0.25) is 0 Å². The van der Waals surface area contributed by atoms with Crippen LogP contribution in [0.25, 0.3) is 0 Å². The van der Waals surface area contributed by atoms with Gasteiger partial charge < -0.3 is 19.7 Å². The molecule has 0 aromatic heterocycles. The Balaban J connectivity index is 2.02. The highest BCUT2D eigenvalue weighted by atomic mass is 16.5. The molecule has 3 aliphatic carbocycles. The highest BCUT2D eigenvalue weighted by Gasteiger charge is 2.62. The standard InChI is InChI=1S/C20H20O5/c1-3-25-18(21)17-11-19(22)13-6-4-5-7-14(13)20(17,23)15-9-8-12(24-2)10-16(15)19/h4-10,17,22-23H,3,11H2,1-2H3. The molecule has 0 spiro atoms. The van der Waals surface area contributed by atoms with Crippen molar-refractivity contribution in [1.29, 1.82) is 0 Å². The highest BCUT2D eigenvalue weighted by Crippen LogP contribution is 2.60. The van der Waals surface area contributed by atoms with E-state index in [1.54, 1.807) is 50.4 Å². The number of aliphatic hydroxyl groups is 2. The zero-order valence-corrected chi connectivity index (χ0v) is 14.2. The summed E-state index contributed by atoms with van der Waals surface area (Å²) >= 11 is 0. The second kappa shape index (κ2) is 5.31. The third-order valence-electron chi connectivity index (χ3n) is 5.44. The molecule has 5 nitrogen and oxygen atoms in total. The summed E-state index contributed by atoms with van der Waals surface area (Å²) in [5.74, 6) is -0.777. The predicted octanol–water partition coefficient (Wildman–Crippen LogP) is 2.06. The van der Waals surface area contributed by atoms with Crippen LogP contribution in [0.1, 0.15) is 35.6 Å². The third-order valence-corrected chi connectivity index (χ3v) is 5.44. The molecule has 0 fully saturated rings. The van der Waals surface area contributed by atoms with Gasteiger partial charge in [0.15, 0.2) is 0 Å². The van der Waals surface area contributed by atoms with Gasteiger partial charge >= 0.3 is 5.97 Å². The quantitative estimate of drug-likeness (QED) is 0.837. The normalized spacial score (nSPS) is 28.9. The van der Waals surface area contributed by atoms with Crippen molar-refractivity contribution in [1.82, 2.24) is 0 Å². The van der Waals surface area contributed by atoms with Crippen LogP contribution < -0.4 is 4.74 Å². The van der Waals surface area contributed by atoms with Crippen molar-refractivity contribution in [2.75, 3.05) is 13.7 Å². The molecular weight excluding hydrogens is 320 g/mol. The second-order valence-corrected chi connectivity index (χ2v) is 6.59. The first-order valence-electron chi connectivity index (χ1n) is 8.37. The first-order valence-corrected chi connectivity index (χ1v) is 8.37. The Morgan fingerprint density at radius 3 is 2.48 bits per heavy atom. The molecule has 0 heterocycles. The monoisotopic (exact) mass is 340 g/mol. The number of methoxy groups -OCH3 is 1. The predicted molar refractivity (Wildman–Crippen MR) is 90.2 cm³/mol. The molecule has 0 aliphatic heterocycles. The minimum Gasteiger partial charge on any atom is -0.497 e. The van der Waals surface area contributed by atoms with E-state index >= 15 is 0 Å². The van der Waals surface area contributed by atoms with Crippen molar-refractivity contribution in [3.8, 4) is 5.75 Å². The zero-order chi connectivity index (χ0) is 17.8. The highest BCUT2D eigenvalue weighted by molar-refractivity contribution is 5.79. The summed E-state index contributed by atoms with van der Waals surface area (Å²) in [6.07, 6.45) is 0.0690. The molecule has 0 saturated heterocycles. The fraction of sp³-hybridized carbons (Fsp3) is 0.350. The molecule has 0 radical (unpaired) electrons. The number of ether oxygens (including phenoxy) is 2. The lowest BCUT2D eigenvalue weighted by atomic mass is 9.54. The lowest BCUT2D eigenvalue weighted by Crippen LogP contribution is -2.57. The molecule has 5 heteroatoms. The minimum absolute atomic E-state index is 0.0690. The maximum atomic E-state index is 12.6. The molecule has 2 bridgehead atoms. The van der Waals surface area contributed by atoms with Gasteiger partial charge in [-0.25, -0.2) is 0 Å². The van der Waals surface area contributed by atoms with E-state index in [9.17, 15) is 15.0 Å². The number of rotatable bonds is 3. The van der Waals surface area contributed by atoms with E-state index in [-0.39, 0.29) is 13.0 Å². The van der Waals surface area contributed by atoms with E-state index in [1.807, 2.05) is 6.07 Å². The molecule has 5 rings (SSSR count). The first kappa shape index (κ1) is 16.1. The number of benzene rings is 2. The number of hydrogen-bond acceptors (Lipinski definition) is 5. The van der Waals surface area contributed by atoms with Gasteiger partial charge in [0.25, 0.3) is 0 Å². The maximum Gasteiger partial charge on any atom is 0.312 e. The van der Waals surface area contributed by atoms with Gasteiger partial charge in [0.1, 0.15) is 17.0 Å². The average molecular weight is 340 g/mol. The number of carbonyl (C=O) groups excluding carboxylic acids is 1. The van der Waals surface area contributed by atoms with Gasteiger partial charge in [-0.05, 0) is 41.3 Å². The van der Waals surface area contributed by atoms with Crippen molar-refractivity contribution in [2.24, 2.45) is 5.92 Å². The Morgan fingerprint density at radius 1 is 1.12 bits per heavy atom. The van der Waals surface area contributed by atoms with E-state index in [0.717, 1.165) is 0 Å². The van der Waals surface area contributed by atoms with E-state index in [2.05, 4.69) is 0 Å². The molecular formula is C20H20O5. The van der Waals surface area contributed by atoms with Crippen molar-refractivity contribution in [3.63, 3.8) is 0 Å². The van der Waals surface area contributed by atoms with Crippen LogP contribution in [0.5, 0.6) is 5.75 Å². The molecule has 3 unspecified atom stereocenters. The molecule has 130 valence electrons. The minimum atomic E-state index is -1.53. The number of fused-ring (bicyclic) bond motifs is 1. The molecule has 0 saturated carbocycles. The van der Waals surface area contributed by atoms with E-state index in [4.69, 9.17) is 9.47 Å². The van der Waals surface area contributed by atoms with Gasteiger partial charge in [-0.3, -0.25) is 4.79 Å². The molecule has 3 aliphatic rings. The SMILES string of the molecule is CCOC(=O)C1CC2(O)c3ccccc3C1(O)c1ccc(OC)cc12. The van der Waals surface area contributed by atoms with Gasteiger partial charge in [0, 0.05) is 6.42 Å². The number of esters is 1. The zero-order valence-electron chi connectivity index (χ0n) is 14.2. The van der Waals surface area contributed by atoms with E-state index in [1.165, 1.54) is 0 Å². The summed E-state index contributed by atoms with van der Waals surface area (Å²) in [6, 6.07) is 12.4. The van der Waals surface area contributed by atoms with Crippen molar-refractivity contribution in [3.05, 3.63) is 64.7 Å². The fourth-order valence-corrected chi connectivity index (χ4v) is 4.33. The van der Waals surface area contributed by atoms with Crippen LogP contribution in [0.2, 0.25) is 0 Å². The molecule has 0 amide bonds. The van der Waals surface area contributed by atoms with Crippen molar-refractivity contribution in [2.45, 2.75) is 24.5 Å². The van der Waals surface area contributed by atoms with Crippen LogP contribution in [-0.4, -0.2) is 29.9 Å². The largest absolute Gasteiger partial charge is 0.497 e. The van der Waals surface area contributed by atoms with Crippen LogP contribution in [0, 0.1) is 5.92 Å². The maximum absolute atomic E-state index is 12.6. The van der Waals surface area contributed by atoms with Gasteiger partial charge in [-0.15, -0.1) is 0 Å². The third kappa shape index (κ3) is 1.94. The Hall–Kier alpha value is -2.37. The molecule has 2 N–H and O–H groups in total. The Morgan fingerprint density at radius 2 is 1.80 bits per heavy atom. The lowest BCUT2D eigenvalue weighted by molar-refractivity contribution is -0.166. The topological polar surface area (TPSA) is 76.0 Å². The van der Waals surface area contributed by atoms with Crippen molar-refractivity contribution < 1.29 is 24.5 Å². The summed E-state index contributed by atoms with van der Waals surface area (Å²) in [5.41, 5.74) is -0.622. The molecule has 25 heavy (non-hydrogen) atoms. The van der Waals surface area contributed by atoms with E-state index in [0.29, 0.717) is 28.0 Å². The van der Waals surface area contributed by atoms with Gasteiger partial charge in [0.05, 0.1) is 19.6 Å². The summed E-state index contributed by atoms with van der Waals surface area (Å²) in [7, 11) is 1.55. The first-order chi connectivity index (χ1) is 12.0. The Bertz CT molecular complexity index is 861. The number of carbonyl (C=O) groups is 1. The number of hydrogen-bond donors (Lipinski definition) is 2. The second-order valence-electron chi connectivity index (χ2n) is 6.59. The Labute approximate surface area is 145 Å². The fourth-order valence-electron chi connectivity index (χ4n) is 4.33. The lowest BCUT2D eigenvalue weighted by Gasteiger charge is -2.53. The van der Waals surface area contributed by atoms with Gasteiger partial charge in [-0.1, -0.05) is 30.3 Å². The van der Waals surface area contributed by atoms with Crippen molar-refractivity contribution >= 4 is 5.97 Å². The van der Waals surface area contributed by atoms with Crippen LogP contribution >= 0.6 is 0 Å². The van der Waals surface area contributed by atoms with Crippen LogP contribution in [0.15, 0.2) is 42.5 Å². The summed E-state index contributed by atoms with van der Waals surface area (Å²) in [4.78, 5) is 12.6. The summed E-state index contributed by atoms with van der Waals surface area (Å²) in [6.45, 7) is 1.95. The van der Waals surface area contributed by atoms with Crippen LogP contribution in [0.3, 0.4) is 0 Å². The smallest absolute Gasteiger partial charge is 0.312 e. The molecule has 2 aromatic carbocycles. The molecule has 2 aromatic rings. The van der Waals surface area contributed by atoms with Crippen LogP contribution in [0.4, 0.5) is 0 Å². The summed E-state index contributed by atoms with van der Waals surface area (Å²) in [5, 5.41) is 23.3. The Kier molecular flexibility index (Phi) is 3.42. The summed E-state index contributed by atoms with van der Waals surface area (Å²) < 4.78 is 10.5.